The van der Waals surface area contributed by atoms with Gasteiger partial charge in [0.15, 0.2) is 12.0 Å². The quantitative estimate of drug-likeness (QED) is 0.253. The van der Waals surface area contributed by atoms with Crippen molar-refractivity contribution in [3.05, 3.63) is 112 Å². The smallest absolute Gasteiger partial charge is 0.260 e. The minimum absolute atomic E-state index is 0.0281. The van der Waals surface area contributed by atoms with Gasteiger partial charge >= 0.3 is 0 Å². The first-order valence-electron chi connectivity index (χ1n) is 12.9. The Kier molecular flexibility index (Phi) is 9.45. The number of halogens is 1. The summed E-state index contributed by atoms with van der Waals surface area (Å²) in [5, 5.41) is 0.419. The van der Waals surface area contributed by atoms with Crippen molar-refractivity contribution in [2.45, 2.75) is 32.9 Å². The van der Waals surface area contributed by atoms with E-state index in [-0.39, 0.29) is 49.3 Å². The van der Waals surface area contributed by atoms with Crippen molar-refractivity contribution in [3.8, 4) is 5.75 Å². The number of unbranched alkanes of at least 4 members (excludes halogenated alkanes) is 1. The largest absolute Gasteiger partial charge is 0.484 e. The van der Waals surface area contributed by atoms with E-state index in [4.69, 9.17) is 9.15 Å². The highest BCUT2D eigenvalue weighted by atomic mass is 19.1. The molecule has 4 aromatic rings. The molecule has 0 radical (unpaired) electrons. The molecule has 0 spiro atoms. The van der Waals surface area contributed by atoms with E-state index in [1.54, 1.807) is 48.5 Å². The molecule has 1 aromatic heterocycles. The fourth-order valence-corrected chi connectivity index (χ4v) is 4.13. The van der Waals surface area contributed by atoms with Gasteiger partial charge in [-0.15, -0.1) is 0 Å². The summed E-state index contributed by atoms with van der Waals surface area (Å²) >= 11 is 0. The number of para-hydroxylation sites is 2. The van der Waals surface area contributed by atoms with Crippen LogP contribution in [0.4, 0.5) is 4.39 Å². The summed E-state index contributed by atoms with van der Waals surface area (Å²) in [5.74, 6) is -0.487. The number of hydrogen-bond acceptors (Lipinski definition) is 5. The van der Waals surface area contributed by atoms with Crippen LogP contribution in [0.3, 0.4) is 0 Å². The number of amides is 2. The van der Waals surface area contributed by atoms with Gasteiger partial charge in [-0.05, 0) is 48.4 Å². The molecule has 202 valence electrons. The van der Waals surface area contributed by atoms with Gasteiger partial charge in [-0.1, -0.05) is 55.8 Å². The highest BCUT2D eigenvalue weighted by Gasteiger charge is 2.23. The lowest BCUT2D eigenvalue weighted by Gasteiger charge is -2.28. The average molecular weight is 531 g/mol. The molecule has 0 bridgehead atoms. The Morgan fingerprint density at radius 3 is 2.33 bits per heavy atom. The molecular weight excluding hydrogens is 499 g/mol. The highest BCUT2D eigenvalue weighted by molar-refractivity contribution is 5.85. The van der Waals surface area contributed by atoms with Crippen LogP contribution in [0.2, 0.25) is 0 Å². The molecule has 2 amide bonds. The lowest BCUT2D eigenvalue weighted by Crippen LogP contribution is -2.44. The molecule has 0 aliphatic rings. The van der Waals surface area contributed by atoms with Crippen molar-refractivity contribution >= 4 is 22.8 Å². The average Bonchev–Trinajstić information content (AvgIpc) is 2.96. The first kappa shape index (κ1) is 27.6. The van der Waals surface area contributed by atoms with Crippen molar-refractivity contribution in [3.63, 3.8) is 0 Å². The van der Waals surface area contributed by atoms with E-state index in [0.717, 1.165) is 12.8 Å². The Hall–Kier alpha value is -4.46. The first-order valence-corrected chi connectivity index (χ1v) is 12.9. The van der Waals surface area contributed by atoms with Crippen LogP contribution >= 0.6 is 0 Å². The number of nitrogens with zero attached hydrogens (tertiary/aromatic N) is 2. The van der Waals surface area contributed by atoms with Crippen molar-refractivity contribution in [1.29, 1.82) is 0 Å². The third-order valence-electron chi connectivity index (χ3n) is 6.32. The van der Waals surface area contributed by atoms with E-state index in [2.05, 4.69) is 0 Å². The standard InChI is InChI=1S/C31H31FN2O5/c1-2-3-17-33(30(36)22-38-26-9-5-4-6-10-26)20-29(35)34(18-23-13-15-25(32)16-14-23)19-24-21-39-28-12-8-7-11-27(28)31(24)37/h4-16,21H,2-3,17-20,22H2,1H3. The number of fused-ring (bicyclic) bond motifs is 1. The van der Waals surface area contributed by atoms with Crippen molar-refractivity contribution in [2.75, 3.05) is 19.7 Å². The Bertz CT molecular complexity index is 1450. The summed E-state index contributed by atoms with van der Waals surface area (Å²) in [6, 6.07) is 21.7. The number of carbonyl (C=O) groups excluding carboxylic acids is 2. The second-order valence-electron chi connectivity index (χ2n) is 9.23. The molecule has 0 saturated carbocycles. The summed E-state index contributed by atoms with van der Waals surface area (Å²) < 4.78 is 24.8. The van der Waals surface area contributed by atoms with E-state index >= 15 is 0 Å². The van der Waals surface area contributed by atoms with Crippen molar-refractivity contribution in [1.82, 2.24) is 9.80 Å². The topological polar surface area (TPSA) is 80.1 Å². The molecule has 0 atom stereocenters. The SMILES string of the molecule is CCCCN(CC(=O)N(Cc1ccc(F)cc1)Cc1coc2ccccc2c1=O)C(=O)COc1ccccc1. The molecule has 0 saturated heterocycles. The molecule has 0 aliphatic heterocycles. The van der Waals surface area contributed by atoms with Gasteiger partial charge in [0.05, 0.1) is 30.3 Å². The molecule has 3 aromatic carbocycles. The third-order valence-corrected chi connectivity index (χ3v) is 6.32. The first-order chi connectivity index (χ1) is 18.9. The molecule has 1 heterocycles. The molecule has 8 heteroatoms. The van der Waals surface area contributed by atoms with Crippen LogP contribution in [-0.4, -0.2) is 41.3 Å². The van der Waals surface area contributed by atoms with Crippen LogP contribution in [0.1, 0.15) is 30.9 Å². The van der Waals surface area contributed by atoms with Crippen LogP contribution in [0.5, 0.6) is 5.75 Å². The summed E-state index contributed by atoms with van der Waals surface area (Å²) in [4.78, 5) is 42.8. The summed E-state index contributed by atoms with van der Waals surface area (Å²) in [6.07, 6.45) is 2.93. The zero-order valence-corrected chi connectivity index (χ0v) is 21.8. The van der Waals surface area contributed by atoms with Gasteiger partial charge in [0.1, 0.15) is 17.1 Å². The molecule has 7 nitrogen and oxygen atoms in total. The van der Waals surface area contributed by atoms with E-state index in [9.17, 15) is 18.8 Å². The maximum Gasteiger partial charge on any atom is 0.260 e. The Balaban J connectivity index is 1.55. The van der Waals surface area contributed by atoms with E-state index in [1.165, 1.54) is 28.2 Å². The molecule has 4 rings (SSSR count). The Labute approximate surface area is 226 Å². The highest BCUT2D eigenvalue weighted by Crippen LogP contribution is 2.15. The molecular formula is C31H31FN2O5. The van der Waals surface area contributed by atoms with Gasteiger partial charge in [-0.2, -0.15) is 0 Å². The minimum atomic E-state index is -0.387. The van der Waals surface area contributed by atoms with Gasteiger partial charge in [0, 0.05) is 13.1 Å². The summed E-state index contributed by atoms with van der Waals surface area (Å²) in [5.41, 5.74) is 1.22. The lowest BCUT2D eigenvalue weighted by molar-refractivity contribution is -0.142. The van der Waals surface area contributed by atoms with Crippen LogP contribution in [-0.2, 0) is 22.7 Å². The fraction of sp³-hybridized carbons (Fsp3) is 0.258. The summed E-state index contributed by atoms with van der Waals surface area (Å²) in [6.45, 7) is 2.11. The van der Waals surface area contributed by atoms with Crippen LogP contribution in [0, 0.1) is 5.82 Å². The van der Waals surface area contributed by atoms with Crippen LogP contribution in [0.25, 0.3) is 11.0 Å². The normalized spacial score (nSPS) is 10.8. The van der Waals surface area contributed by atoms with Crippen LogP contribution < -0.4 is 10.2 Å². The second kappa shape index (κ2) is 13.4. The lowest BCUT2D eigenvalue weighted by atomic mass is 10.1. The van der Waals surface area contributed by atoms with Crippen molar-refractivity contribution < 1.29 is 23.1 Å². The number of benzene rings is 3. The van der Waals surface area contributed by atoms with Gasteiger partial charge in [-0.3, -0.25) is 14.4 Å². The van der Waals surface area contributed by atoms with Crippen LogP contribution in [0.15, 0.2) is 94.3 Å². The monoisotopic (exact) mass is 530 g/mol. The molecule has 0 N–H and O–H groups in total. The maximum atomic E-state index is 13.6. The third kappa shape index (κ3) is 7.54. The maximum absolute atomic E-state index is 13.6. The predicted molar refractivity (Wildman–Crippen MR) is 147 cm³/mol. The molecule has 0 aliphatic carbocycles. The summed E-state index contributed by atoms with van der Waals surface area (Å²) in [7, 11) is 0. The molecule has 0 unspecified atom stereocenters. The van der Waals surface area contributed by atoms with E-state index in [0.29, 0.717) is 34.4 Å². The number of rotatable bonds is 12. The van der Waals surface area contributed by atoms with E-state index in [1.807, 2.05) is 25.1 Å². The Morgan fingerprint density at radius 1 is 0.872 bits per heavy atom. The van der Waals surface area contributed by atoms with Gasteiger partial charge in [-0.25, -0.2) is 4.39 Å². The molecule has 0 fully saturated rings. The molecule has 39 heavy (non-hydrogen) atoms. The van der Waals surface area contributed by atoms with Crippen molar-refractivity contribution in [2.24, 2.45) is 0 Å². The van der Waals surface area contributed by atoms with E-state index < -0.39 is 0 Å². The number of carbonyl (C=O) groups is 2. The fourth-order valence-electron chi connectivity index (χ4n) is 4.13. The van der Waals surface area contributed by atoms with Gasteiger partial charge in [0.25, 0.3) is 5.91 Å². The zero-order chi connectivity index (χ0) is 27.6. The van der Waals surface area contributed by atoms with Gasteiger partial charge < -0.3 is 19.0 Å². The zero-order valence-electron chi connectivity index (χ0n) is 21.8. The van der Waals surface area contributed by atoms with Gasteiger partial charge in [0.2, 0.25) is 5.91 Å². The predicted octanol–water partition coefficient (Wildman–Crippen LogP) is 5.17. The Morgan fingerprint density at radius 2 is 1.59 bits per heavy atom. The minimum Gasteiger partial charge on any atom is -0.484 e. The number of hydrogen-bond donors (Lipinski definition) is 0. The second-order valence-corrected chi connectivity index (χ2v) is 9.23. The number of ether oxygens (including phenoxy) is 1.